The van der Waals surface area contributed by atoms with Crippen LogP contribution in [0.3, 0.4) is 0 Å². The maximum Gasteiger partial charge on any atom is 0.252 e. The summed E-state index contributed by atoms with van der Waals surface area (Å²) in [6, 6.07) is 1.64. The standard InChI is InChI=1S/C15H22ClN3O2/c1-3-13-10(5-6-21-13)8-19-15(20)11-7-12(16)14(17-4-2)18-9-11/h7,9-10,13H,3-6,8H2,1-2H3,(H,17,18)(H,19,20). The van der Waals surface area contributed by atoms with Crippen molar-refractivity contribution >= 4 is 23.3 Å². The Labute approximate surface area is 130 Å². The van der Waals surface area contributed by atoms with Gasteiger partial charge >= 0.3 is 0 Å². The molecule has 0 radical (unpaired) electrons. The second-order valence-corrected chi connectivity index (χ2v) is 5.57. The minimum absolute atomic E-state index is 0.144. The molecule has 2 N–H and O–H groups in total. The molecule has 5 nitrogen and oxygen atoms in total. The molecule has 0 aromatic carbocycles. The van der Waals surface area contributed by atoms with Gasteiger partial charge in [0, 0.05) is 31.8 Å². The van der Waals surface area contributed by atoms with Gasteiger partial charge in [-0.3, -0.25) is 4.79 Å². The zero-order valence-corrected chi connectivity index (χ0v) is 13.2. The summed E-state index contributed by atoms with van der Waals surface area (Å²) in [5, 5.41) is 6.45. The fraction of sp³-hybridized carbons (Fsp3) is 0.600. The van der Waals surface area contributed by atoms with Gasteiger partial charge in [-0.15, -0.1) is 0 Å². The third-order valence-electron chi connectivity index (χ3n) is 3.72. The average Bonchev–Trinajstić information content (AvgIpc) is 2.94. The molecule has 1 amide bonds. The van der Waals surface area contributed by atoms with Crippen LogP contribution < -0.4 is 10.6 Å². The SMILES string of the molecule is CCNc1ncc(C(=O)NCC2CCOC2CC)cc1Cl. The zero-order chi connectivity index (χ0) is 15.2. The molecule has 1 aromatic rings. The molecule has 1 fully saturated rings. The second kappa shape index (κ2) is 7.61. The molecule has 2 unspecified atom stereocenters. The Morgan fingerprint density at radius 1 is 1.52 bits per heavy atom. The van der Waals surface area contributed by atoms with E-state index in [1.165, 1.54) is 0 Å². The summed E-state index contributed by atoms with van der Waals surface area (Å²) in [4.78, 5) is 16.3. The van der Waals surface area contributed by atoms with E-state index in [1.807, 2.05) is 6.92 Å². The van der Waals surface area contributed by atoms with E-state index in [0.29, 0.717) is 28.9 Å². The Morgan fingerprint density at radius 3 is 3.00 bits per heavy atom. The van der Waals surface area contributed by atoms with Crippen LogP contribution in [0.1, 0.15) is 37.0 Å². The molecule has 2 heterocycles. The lowest BCUT2D eigenvalue weighted by atomic mass is 9.99. The molecule has 21 heavy (non-hydrogen) atoms. The Hall–Kier alpha value is -1.33. The van der Waals surface area contributed by atoms with Crippen molar-refractivity contribution in [3.8, 4) is 0 Å². The highest BCUT2D eigenvalue weighted by Crippen LogP contribution is 2.23. The lowest BCUT2D eigenvalue weighted by Crippen LogP contribution is -2.32. The number of nitrogens with zero attached hydrogens (tertiary/aromatic N) is 1. The summed E-state index contributed by atoms with van der Waals surface area (Å²) < 4.78 is 5.62. The predicted octanol–water partition coefficient (Wildman–Crippen LogP) is 2.71. The van der Waals surface area contributed by atoms with Crippen LogP contribution >= 0.6 is 11.6 Å². The second-order valence-electron chi connectivity index (χ2n) is 5.16. The van der Waals surface area contributed by atoms with Gasteiger partial charge in [0.05, 0.1) is 16.7 Å². The molecule has 0 spiro atoms. The van der Waals surface area contributed by atoms with Crippen molar-refractivity contribution < 1.29 is 9.53 Å². The molecule has 2 atom stereocenters. The zero-order valence-electron chi connectivity index (χ0n) is 12.5. The lowest BCUT2D eigenvalue weighted by Gasteiger charge is -2.17. The Kier molecular flexibility index (Phi) is 5.82. The molecule has 116 valence electrons. The van der Waals surface area contributed by atoms with E-state index in [9.17, 15) is 4.79 Å². The molecule has 0 bridgehead atoms. The number of ether oxygens (including phenoxy) is 1. The number of hydrogen-bond donors (Lipinski definition) is 2. The summed E-state index contributed by atoms with van der Waals surface area (Å²) in [6.07, 6.45) is 3.77. The number of amides is 1. The van der Waals surface area contributed by atoms with E-state index in [2.05, 4.69) is 22.5 Å². The van der Waals surface area contributed by atoms with Crippen LogP contribution in [0.2, 0.25) is 5.02 Å². The van der Waals surface area contributed by atoms with Crippen LogP contribution in [-0.4, -0.2) is 36.7 Å². The maximum absolute atomic E-state index is 12.1. The van der Waals surface area contributed by atoms with Gasteiger partial charge in [-0.25, -0.2) is 4.98 Å². The molecule has 1 aliphatic rings. The minimum atomic E-state index is -0.144. The lowest BCUT2D eigenvalue weighted by molar-refractivity contribution is 0.0827. The van der Waals surface area contributed by atoms with E-state index in [1.54, 1.807) is 12.3 Å². The van der Waals surface area contributed by atoms with Crippen molar-refractivity contribution in [2.75, 3.05) is 25.0 Å². The Morgan fingerprint density at radius 2 is 2.33 bits per heavy atom. The monoisotopic (exact) mass is 311 g/mol. The first-order valence-electron chi connectivity index (χ1n) is 7.44. The highest BCUT2D eigenvalue weighted by atomic mass is 35.5. The first kappa shape index (κ1) is 16.0. The minimum Gasteiger partial charge on any atom is -0.378 e. The average molecular weight is 312 g/mol. The van der Waals surface area contributed by atoms with E-state index in [-0.39, 0.29) is 12.0 Å². The van der Waals surface area contributed by atoms with Gasteiger partial charge in [-0.2, -0.15) is 0 Å². The molecule has 6 heteroatoms. The molecule has 1 aliphatic heterocycles. The van der Waals surface area contributed by atoms with Gasteiger partial charge in [0.2, 0.25) is 0 Å². The molecule has 0 aliphatic carbocycles. The number of pyridine rings is 1. The normalized spacial score (nSPS) is 21.3. The number of nitrogens with one attached hydrogen (secondary N) is 2. The number of halogens is 1. The smallest absolute Gasteiger partial charge is 0.252 e. The quantitative estimate of drug-likeness (QED) is 0.848. The van der Waals surface area contributed by atoms with Crippen molar-refractivity contribution in [3.05, 3.63) is 22.8 Å². The molecule has 1 saturated heterocycles. The Balaban J connectivity index is 1.92. The van der Waals surface area contributed by atoms with Crippen molar-refractivity contribution in [3.63, 3.8) is 0 Å². The molecule has 1 aromatic heterocycles. The van der Waals surface area contributed by atoms with Crippen molar-refractivity contribution in [1.29, 1.82) is 0 Å². The third-order valence-corrected chi connectivity index (χ3v) is 4.01. The fourth-order valence-corrected chi connectivity index (χ4v) is 2.80. The molecular formula is C15H22ClN3O2. The van der Waals surface area contributed by atoms with E-state index in [4.69, 9.17) is 16.3 Å². The summed E-state index contributed by atoms with van der Waals surface area (Å²) in [6.45, 7) is 6.21. The number of rotatable bonds is 6. The van der Waals surface area contributed by atoms with Crippen LogP contribution in [0, 0.1) is 5.92 Å². The summed E-state index contributed by atoms with van der Waals surface area (Å²) >= 11 is 6.10. The van der Waals surface area contributed by atoms with Gasteiger partial charge in [0.15, 0.2) is 0 Å². The van der Waals surface area contributed by atoms with E-state index >= 15 is 0 Å². The first-order valence-corrected chi connectivity index (χ1v) is 7.82. The van der Waals surface area contributed by atoms with E-state index in [0.717, 1.165) is 26.0 Å². The van der Waals surface area contributed by atoms with Crippen LogP contribution in [0.5, 0.6) is 0 Å². The van der Waals surface area contributed by atoms with Crippen molar-refractivity contribution in [2.24, 2.45) is 5.92 Å². The summed E-state index contributed by atoms with van der Waals surface area (Å²) in [7, 11) is 0. The number of carbonyl (C=O) groups excluding carboxylic acids is 1. The van der Waals surface area contributed by atoms with Gasteiger partial charge in [-0.1, -0.05) is 18.5 Å². The Bertz CT molecular complexity index is 496. The van der Waals surface area contributed by atoms with Gasteiger partial charge < -0.3 is 15.4 Å². The number of anilines is 1. The van der Waals surface area contributed by atoms with Crippen LogP contribution in [0.25, 0.3) is 0 Å². The fourth-order valence-electron chi connectivity index (χ4n) is 2.56. The first-order chi connectivity index (χ1) is 10.2. The van der Waals surface area contributed by atoms with E-state index < -0.39 is 0 Å². The summed E-state index contributed by atoms with van der Waals surface area (Å²) in [5.41, 5.74) is 0.480. The topological polar surface area (TPSA) is 63.2 Å². The predicted molar refractivity (Wildman–Crippen MR) is 83.9 cm³/mol. The maximum atomic E-state index is 12.1. The number of hydrogen-bond acceptors (Lipinski definition) is 4. The highest BCUT2D eigenvalue weighted by molar-refractivity contribution is 6.33. The number of carbonyl (C=O) groups is 1. The van der Waals surface area contributed by atoms with Crippen LogP contribution in [0.15, 0.2) is 12.3 Å². The van der Waals surface area contributed by atoms with Crippen molar-refractivity contribution in [2.45, 2.75) is 32.8 Å². The van der Waals surface area contributed by atoms with Crippen LogP contribution in [-0.2, 0) is 4.74 Å². The van der Waals surface area contributed by atoms with Crippen LogP contribution in [0.4, 0.5) is 5.82 Å². The summed E-state index contributed by atoms with van der Waals surface area (Å²) in [5.74, 6) is 0.851. The highest BCUT2D eigenvalue weighted by Gasteiger charge is 2.27. The van der Waals surface area contributed by atoms with Crippen molar-refractivity contribution in [1.82, 2.24) is 10.3 Å². The third kappa shape index (κ3) is 4.08. The van der Waals surface area contributed by atoms with Gasteiger partial charge in [0.25, 0.3) is 5.91 Å². The largest absolute Gasteiger partial charge is 0.378 e. The molecule has 2 rings (SSSR count). The number of aromatic nitrogens is 1. The molecular weight excluding hydrogens is 290 g/mol. The van der Waals surface area contributed by atoms with Gasteiger partial charge in [-0.05, 0) is 25.8 Å². The molecule has 0 saturated carbocycles. The van der Waals surface area contributed by atoms with Gasteiger partial charge in [0.1, 0.15) is 5.82 Å².